The van der Waals surface area contributed by atoms with Crippen molar-refractivity contribution in [1.82, 2.24) is 4.90 Å². The number of carbonyl (C=O) groups is 2. The van der Waals surface area contributed by atoms with Crippen LogP contribution in [0.1, 0.15) is 40.9 Å². The van der Waals surface area contributed by atoms with Gasteiger partial charge in [-0.25, -0.2) is 0 Å². The van der Waals surface area contributed by atoms with Gasteiger partial charge >= 0.3 is 5.97 Å². The predicted octanol–water partition coefficient (Wildman–Crippen LogP) is 2.80. The van der Waals surface area contributed by atoms with Crippen molar-refractivity contribution < 1.29 is 14.7 Å². The Bertz CT molecular complexity index is 465. The maximum atomic E-state index is 12.4. The summed E-state index contributed by atoms with van der Waals surface area (Å²) in [7, 11) is 0. The van der Waals surface area contributed by atoms with Crippen LogP contribution < -0.4 is 0 Å². The fourth-order valence-corrected chi connectivity index (χ4v) is 3.04. The zero-order chi connectivity index (χ0) is 14.6. The summed E-state index contributed by atoms with van der Waals surface area (Å²) < 4.78 is 0. The number of thiophene rings is 1. The third kappa shape index (κ3) is 4.35. The first-order valence-corrected chi connectivity index (χ1v) is 7.27. The number of hydrogen-bond donors (Lipinski definition) is 1. The van der Waals surface area contributed by atoms with E-state index in [1.165, 1.54) is 21.1 Å². The SMILES string of the molecule is CCc1sc(C(=O)N(CC(=O)O)CC(C)C)cc1C. The molecule has 0 spiro atoms. The lowest BCUT2D eigenvalue weighted by atomic mass is 10.2. The van der Waals surface area contributed by atoms with Gasteiger partial charge < -0.3 is 10.0 Å². The van der Waals surface area contributed by atoms with Crippen molar-refractivity contribution in [3.8, 4) is 0 Å². The minimum Gasteiger partial charge on any atom is -0.480 e. The summed E-state index contributed by atoms with van der Waals surface area (Å²) in [5.41, 5.74) is 1.11. The number of carboxylic acids is 1. The Morgan fingerprint density at radius 1 is 1.42 bits per heavy atom. The molecule has 106 valence electrons. The van der Waals surface area contributed by atoms with Crippen molar-refractivity contribution in [3.63, 3.8) is 0 Å². The number of rotatable bonds is 6. The average Bonchev–Trinajstić information content (AvgIpc) is 2.67. The van der Waals surface area contributed by atoms with Crippen LogP contribution in [0.5, 0.6) is 0 Å². The molecular weight excluding hydrogens is 262 g/mol. The van der Waals surface area contributed by atoms with E-state index in [-0.39, 0.29) is 18.4 Å². The van der Waals surface area contributed by atoms with Gasteiger partial charge in [-0.05, 0) is 30.9 Å². The van der Waals surface area contributed by atoms with Gasteiger partial charge in [-0.3, -0.25) is 9.59 Å². The average molecular weight is 283 g/mol. The van der Waals surface area contributed by atoms with Crippen LogP contribution >= 0.6 is 11.3 Å². The normalized spacial score (nSPS) is 10.8. The van der Waals surface area contributed by atoms with Crippen molar-refractivity contribution in [2.45, 2.75) is 34.1 Å². The monoisotopic (exact) mass is 283 g/mol. The lowest BCUT2D eigenvalue weighted by Crippen LogP contribution is -2.37. The van der Waals surface area contributed by atoms with E-state index < -0.39 is 5.97 Å². The van der Waals surface area contributed by atoms with Gasteiger partial charge in [-0.15, -0.1) is 11.3 Å². The molecule has 0 aliphatic carbocycles. The molecule has 1 heterocycles. The second kappa shape index (κ2) is 6.70. The molecule has 0 unspecified atom stereocenters. The second-order valence-corrected chi connectivity index (χ2v) is 6.18. The van der Waals surface area contributed by atoms with Gasteiger partial charge in [-0.2, -0.15) is 0 Å². The van der Waals surface area contributed by atoms with E-state index in [0.717, 1.165) is 12.0 Å². The van der Waals surface area contributed by atoms with Crippen LogP contribution in [0.2, 0.25) is 0 Å². The molecule has 0 atom stereocenters. The molecule has 1 rings (SSSR count). The smallest absolute Gasteiger partial charge is 0.323 e. The van der Waals surface area contributed by atoms with Gasteiger partial charge in [0.15, 0.2) is 0 Å². The third-order valence-electron chi connectivity index (χ3n) is 2.75. The minimum absolute atomic E-state index is 0.177. The summed E-state index contributed by atoms with van der Waals surface area (Å²) >= 11 is 1.47. The van der Waals surface area contributed by atoms with Crippen LogP contribution in [0.3, 0.4) is 0 Å². The number of carbonyl (C=O) groups excluding carboxylic acids is 1. The van der Waals surface area contributed by atoms with Crippen LogP contribution in [0, 0.1) is 12.8 Å². The Morgan fingerprint density at radius 3 is 2.47 bits per heavy atom. The fraction of sp³-hybridized carbons (Fsp3) is 0.571. The molecule has 0 bridgehead atoms. The molecular formula is C14H21NO3S. The van der Waals surface area contributed by atoms with Gasteiger partial charge in [0.2, 0.25) is 0 Å². The Kier molecular flexibility index (Phi) is 5.54. The van der Waals surface area contributed by atoms with Gasteiger partial charge in [0.05, 0.1) is 4.88 Å². The first-order valence-electron chi connectivity index (χ1n) is 6.45. The van der Waals surface area contributed by atoms with E-state index in [1.807, 2.05) is 26.8 Å². The summed E-state index contributed by atoms with van der Waals surface area (Å²) in [4.78, 5) is 26.5. The van der Waals surface area contributed by atoms with E-state index in [0.29, 0.717) is 11.4 Å². The number of carboxylic acid groups (broad SMARTS) is 1. The van der Waals surface area contributed by atoms with Gasteiger partial charge in [0.25, 0.3) is 5.91 Å². The zero-order valence-electron chi connectivity index (χ0n) is 11.9. The minimum atomic E-state index is -0.974. The van der Waals surface area contributed by atoms with Gasteiger partial charge in [0, 0.05) is 11.4 Å². The molecule has 1 N–H and O–H groups in total. The highest BCUT2D eigenvalue weighted by molar-refractivity contribution is 7.14. The molecule has 4 nitrogen and oxygen atoms in total. The Labute approximate surface area is 118 Å². The van der Waals surface area contributed by atoms with Crippen LogP contribution in [0.4, 0.5) is 0 Å². The number of aliphatic carboxylic acids is 1. The van der Waals surface area contributed by atoms with E-state index in [4.69, 9.17) is 5.11 Å². The molecule has 1 amide bonds. The maximum Gasteiger partial charge on any atom is 0.323 e. The zero-order valence-corrected chi connectivity index (χ0v) is 12.7. The van der Waals surface area contributed by atoms with Crippen LogP contribution in [0.15, 0.2) is 6.07 Å². The third-order valence-corrected chi connectivity index (χ3v) is 4.12. The summed E-state index contributed by atoms with van der Waals surface area (Å²) in [5.74, 6) is -0.906. The summed E-state index contributed by atoms with van der Waals surface area (Å²) in [6, 6.07) is 1.86. The predicted molar refractivity (Wildman–Crippen MR) is 76.8 cm³/mol. The number of amides is 1. The quantitative estimate of drug-likeness (QED) is 0.873. The largest absolute Gasteiger partial charge is 0.480 e. The molecule has 5 heteroatoms. The molecule has 0 saturated heterocycles. The van der Waals surface area contributed by atoms with Crippen LogP contribution in [-0.4, -0.2) is 35.0 Å². The molecule has 0 aromatic carbocycles. The van der Waals surface area contributed by atoms with Crippen molar-refractivity contribution in [1.29, 1.82) is 0 Å². The fourth-order valence-electron chi connectivity index (χ4n) is 1.96. The molecule has 19 heavy (non-hydrogen) atoms. The molecule has 0 aliphatic heterocycles. The molecule has 0 aliphatic rings. The lowest BCUT2D eigenvalue weighted by Gasteiger charge is -2.22. The molecule has 1 aromatic heterocycles. The highest BCUT2D eigenvalue weighted by atomic mass is 32.1. The molecule has 0 fully saturated rings. The number of nitrogens with zero attached hydrogens (tertiary/aromatic N) is 1. The van der Waals surface area contributed by atoms with Gasteiger partial charge in [0.1, 0.15) is 6.54 Å². The standard InChI is InChI=1S/C14H21NO3S/c1-5-11-10(4)6-12(19-11)14(18)15(7-9(2)3)8-13(16)17/h6,9H,5,7-8H2,1-4H3,(H,16,17). The van der Waals surface area contributed by atoms with E-state index >= 15 is 0 Å². The lowest BCUT2D eigenvalue weighted by molar-refractivity contribution is -0.137. The molecule has 1 aromatic rings. The number of hydrogen-bond acceptors (Lipinski definition) is 3. The Hall–Kier alpha value is -1.36. The van der Waals surface area contributed by atoms with Crippen LogP contribution in [-0.2, 0) is 11.2 Å². The summed E-state index contributed by atoms with van der Waals surface area (Å²) in [5, 5.41) is 8.91. The molecule has 0 radical (unpaired) electrons. The highest BCUT2D eigenvalue weighted by Crippen LogP contribution is 2.24. The van der Waals surface area contributed by atoms with Gasteiger partial charge in [-0.1, -0.05) is 20.8 Å². The second-order valence-electron chi connectivity index (χ2n) is 5.04. The maximum absolute atomic E-state index is 12.4. The Balaban J connectivity index is 2.93. The van der Waals surface area contributed by atoms with E-state index in [2.05, 4.69) is 6.92 Å². The first kappa shape index (κ1) is 15.7. The topological polar surface area (TPSA) is 57.6 Å². The number of aryl methyl sites for hydroxylation is 2. The van der Waals surface area contributed by atoms with Crippen LogP contribution in [0.25, 0.3) is 0 Å². The van der Waals surface area contributed by atoms with E-state index in [9.17, 15) is 9.59 Å². The van der Waals surface area contributed by atoms with Crippen molar-refractivity contribution >= 4 is 23.2 Å². The van der Waals surface area contributed by atoms with Crippen molar-refractivity contribution in [2.75, 3.05) is 13.1 Å². The first-order chi connectivity index (χ1) is 8.85. The summed E-state index contributed by atoms with van der Waals surface area (Å²) in [6.45, 7) is 8.20. The highest BCUT2D eigenvalue weighted by Gasteiger charge is 2.21. The van der Waals surface area contributed by atoms with E-state index in [1.54, 1.807) is 0 Å². The Morgan fingerprint density at radius 2 is 2.05 bits per heavy atom. The summed E-state index contributed by atoms with van der Waals surface area (Å²) in [6.07, 6.45) is 0.896. The molecule has 0 saturated carbocycles. The van der Waals surface area contributed by atoms with Crippen molar-refractivity contribution in [3.05, 3.63) is 21.4 Å². The van der Waals surface area contributed by atoms with Crippen molar-refractivity contribution in [2.24, 2.45) is 5.92 Å².